The van der Waals surface area contributed by atoms with E-state index >= 15 is 0 Å². The van der Waals surface area contributed by atoms with E-state index in [9.17, 15) is 9.90 Å². The first kappa shape index (κ1) is 14.8. The summed E-state index contributed by atoms with van der Waals surface area (Å²) in [5.74, 6) is -0.293. The minimum atomic E-state index is -0.666. The molecular formula is C17H16N4O2. The molecule has 1 heterocycles. The number of benzene rings is 2. The molecule has 0 saturated carbocycles. The van der Waals surface area contributed by atoms with Gasteiger partial charge in [0.2, 0.25) is 5.96 Å². The summed E-state index contributed by atoms with van der Waals surface area (Å²) in [6, 6.07) is 14.2. The number of aliphatic imine (C=N–C) groups is 2. The summed E-state index contributed by atoms with van der Waals surface area (Å²) in [5.41, 5.74) is 7.06. The summed E-state index contributed by atoms with van der Waals surface area (Å²) in [6.07, 6.45) is 2.39. The zero-order chi connectivity index (χ0) is 16.2. The molecule has 116 valence electrons. The topological polar surface area (TPSA) is 100 Å². The summed E-state index contributed by atoms with van der Waals surface area (Å²) >= 11 is 0. The molecule has 0 bridgehead atoms. The Morgan fingerprint density at radius 2 is 2.00 bits per heavy atom. The van der Waals surface area contributed by atoms with Crippen molar-refractivity contribution in [2.75, 3.05) is 5.32 Å². The third kappa shape index (κ3) is 3.37. The average molecular weight is 308 g/mol. The van der Waals surface area contributed by atoms with Crippen LogP contribution >= 0.6 is 0 Å². The van der Waals surface area contributed by atoms with Gasteiger partial charge in [0.1, 0.15) is 5.75 Å². The summed E-state index contributed by atoms with van der Waals surface area (Å²) in [6.45, 7) is 0. The van der Waals surface area contributed by atoms with E-state index in [2.05, 4.69) is 15.3 Å². The van der Waals surface area contributed by atoms with Crippen molar-refractivity contribution in [1.29, 1.82) is 0 Å². The van der Waals surface area contributed by atoms with Gasteiger partial charge in [0, 0.05) is 18.3 Å². The van der Waals surface area contributed by atoms with Crippen LogP contribution in [0.25, 0.3) is 0 Å². The maximum absolute atomic E-state index is 11.4. The SMILES string of the molecule is NC(=O)c1cc(C2CC=NC(Nc3ccccc3)=N2)ccc1O. The molecule has 2 aromatic rings. The molecule has 1 aliphatic rings. The van der Waals surface area contributed by atoms with Crippen molar-refractivity contribution >= 4 is 23.8 Å². The highest BCUT2D eigenvalue weighted by Crippen LogP contribution is 2.27. The smallest absolute Gasteiger partial charge is 0.252 e. The Hall–Kier alpha value is -3.15. The highest BCUT2D eigenvalue weighted by molar-refractivity contribution is 6.00. The quantitative estimate of drug-likeness (QED) is 0.812. The molecule has 4 N–H and O–H groups in total. The van der Waals surface area contributed by atoms with Crippen LogP contribution in [0.5, 0.6) is 5.75 Å². The number of aromatic hydroxyl groups is 1. The number of anilines is 1. The lowest BCUT2D eigenvalue weighted by Crippen LogP contribution is -2.16. The highest BCUT2D eigenvalue weighted by atomic mass is 16.3. The number of carbonyl (C=O) groups is 1. The first-order valence-corrected chi connectivity index (χ1v) is 7.18. The number of hydrogen-bond donors (Lipinski definition) is 3. The first-order chi connectivity index (χ1) is 11.1. The number of rotatable bonds is 3. The predicted octanol–water partition coefficient (Wildman–Crippen LogP) is 2.47. The van der Waals surface area contributed by atoms with Gasteiger partial charge in [-0.1, -0.05) is 24.3 Å². The van der Waals surface area contributed by atoms with Crippen LogP contribution in [-0.4, -0.2) is 23.2 Å². The van der Waals surface area contributed by atoms with E-state index in [4.69, 9.17) is 5.73 Å². The molecule has 1 amide bonds. The Morgan fingerprint density at radius 3 is 2.74 bits per heavy atom. The number of nitrogens with one attached hydrogen (secondary N) is 1. The zero-order valence-corrected chi connectivity index (χ0v) is 12.3. The van der Waals surface area contributed by atoms with Gasteiger partial charge in [-0.3, -0.25) is 4.79 Å². The lowest BCUT2D eigenvalue weighted by molar-refractivity contribution is 0.0997. The number of nitrogens with two attached hydrogens (primary N) is 1. The van der Waals surface area contributed by atoms with Gasteiger partial charge < -0.3 is 16.2 Å². The molecule has 0 spiro atoms. The van der Waals surface area contributed by atoms with Gasteiger partial charge in [-0.05, 0) is 29.8 Å². The largest absolute Gasteiger partial charge is 0.507 e. The van der Waals surface area contributed by atoms with E-state index in [1.165, 1.54) is 6.07 Å². The third-order valence-corrected chi connectivity index (χ3v) is 3.52. The van der Waals surface area contributed by atoms with Gasteiger partial charge in [-0.25, -0.2) is 9.98 Å². The van der Waals surface area contributed by atoms with Crippen molar-refractivity contribution in [2.45, 2.75) is 12.5 Å². The lowest BCUT2D eigenvalue weighted by Gasteiger charge is -2.17. The maximum Gasteiger partial charge on any atom is 0.252 e. The standard InChI is InChI=1S/C17H16N4O2/c18-16(23)13-10-11(6-7-15(13)22)14-8-9-19-17(21-14)20-12-4-2-1-3-5-12/h1-7,9-10,14,22H,8H2,(H2,18,23)(H,20,21). The summed E-state index contributed by atoms with van der Waals surface area (Å²) < 4.78 is 0. The number of carbonyl (C=O) groups excluding carboxylic acids is 1. The fourth-order valence-corrected chi connectivity index (χ4v) is 2.36. The number of guanidine groups is 1. The maximum atomic E-state index is 11.4. The Morgan fingerprint density at radius 1 is 1.22 bits per heavy atom. The van der Waals surface area contributed by atoms with Crippen molar-refractivity contribution in [3.8, 4) is 5.75 Å². The highest BCUT2D eigenvalue weighted by Gasteiger charge is 2.17. The number of phenols is 1. The number of hydrogen-bond acceptors (Lipinski definition) is 5. The lowest BCUT2D eigenvalue weighted by atomic mass is 10.0. The number of para-hydroxylation sites is 1. The second-order valence-electron chi connectivity index (χ2n) is 5.15. The Labute approximate surface area is 133 Å². The van der Waals surface area contributed by atoms with Crippen molar-refractivity contribution < 1.29 is 9.90 Å². The Bertz CT molecular complexity index is 784. The molecule has 6 heteroatoms. The number of primary amides is 1. The molecule has 6 nitrogen and oxygen atoms in total. The Kier molecular flexibility index (Phi) is 4.05. The van der Waals surface area contributed by atoms with Crippen LogP contribution in [0.1, 0.15) is 28.4 Å². The van der Waals surface area contributed by atoms with Gasteiger partial charge in [0.25, 0.3) is 5.91 Å². The van der Waals surface area contributed by atoms with Crippen LogP contribution in [-0.2, 0) is 0 Å². The van der Waals surface area contributed by atoms with E-state index in [1.807, 2.05) is 30.3 Å². The fraction of sp³-hybridized carbons (Fsp3) is 0.118. The molecule has 1 atom stereocenters. The fourth-order valence-electron chi connectivity index (χ4n) is 2.36. The van der Waals surface area contributed by atoms with Gasteiger partial charge in [-0.15, -0.1) is 0 Å². The van der Waals surface area contributed by atoms with Crippen LogP contribution in [0.15, 0.2) is 58.5 Å². The van der Waals surface area contributed by atoms with Gasteiger partial charge in [-0.2, -0.15) is 0 Å². The number of amides is 1. The van der Waals surface area contributed by atoms with Crippen LogP contribution < -0.4 is 11.1 Å². The van der Waals surface area contributed by atoms with Crippen LogP contribution in [0.2, 0.25) is 0 Å². The normalized spacial score (nSPS) is 16.7. The van der Waals surface area contributed by atoms with Crippen LogP contribution in [0.4, 0.5) is 5.69 Å². The van der Waals surface area contributed by atoms with E-state index in [0.29, 0.717) is 12.4 Å². The second kappa shape index (κ2) is 6.31. The summed E-state index contributed by atoms with van der Waals surface area (Å²) in [5, 5.41) is 12.8. The van der Waals surface area contributed by atoms with Crippen LogP contribution in [0, 0.1) is 0 Å². The van der Waals surface area contributed by atoms with E-state index in [0.717, 1.165) is 11.3 Å². The molecule has 2 aromatic carbocycles. The van der Waals surface area contributed by atoms with Gasteiger partial charge >= 0.3 is 0 Å². The third-order valence-electron chi connectivity index (χ3n) is 3.52. The molecular weight excluding hydrogens is 292 g/mol. The predicted molar refractivity (Wildman–Crippen MR) is 90.0 cm³/mol. The van der Waals surface area contributed by atoms with E-state index in [-0.39, 0.29) is 17.4 Å². The molecule has 0 fully saturated rings. The zero-order valence-electron chi connectivity index (χ0n) is 12.3. The molecule has 0 saturated heterocycles. The Balaban J connectivity index is 1.85. The second-order valence-corrected chi connectivity index (χ2v) is 5.15. The molecule has 1 aliphatic heterocycles. The van der Waals surface area contributed by atoms with Crippen LogP contribution in [0.3, 0.4) is 0 Å². The molecule has 23 heavy (non-hydrogen) atoms. The van der Waals surface area contributed by atoms with Gasteiger partial charge in [0.15, 0.2) is 0 Å². The van der Waals surface area contributed by atoms with Crippen molar-refractivity contribution in [2.24, 2.45) is 15.7 Å². The van der Waals surface area contributed by atoms with Gasteiger partial charge in [0.05, 0.1) is 11.6 Å². The number of nitrogens with zero attached hydrogens (tertiary/aromatic N) is 2. The average Bonchev–Trinajstić information content (AvgIpc) is 2.56. The van der Waals surface area contributed by atoms with E-state index < -0.39 is 5.91 Å². The molecule has 0 radical (unpaired) electrons. The van der Waals surface area contributed by atoms with Crippen molar-refractivity contribution in [1.82, 2.24) is 0 Å². The summed E-state index contributed by atoms with van der Waals surface area (Å²) in [7, 11) is 0. The molecule has 1 unspecified atom stereocenters. The molecule has 0 aromatic heterocycles. The minimum absolute atomic E-state index is 0.0952. The van der Waals surface area contributed by atoms with Crippen molar-refractivity contribution in [3.63, 3.8) is 0 Å². The van der Waals surface area contributed by atoms with Crippen molar-refractivity contribution in [3.05, 3.63) is 59.7 Å². The first-order valence-electron chi connectivity index (χ1n) is 7.18. The molecule has 3 rings (SSSR count). The van der Waals surface area contributed by atoms with E-state index in [1.54, 1.807) is 18.3 Å². The molecule has 0 aliphatic carbocycles. The monoisotopic (exact) mass is 308 g/mol. The minimum Gasteiger partial charge on any atom is -0.507 e. The summed E-state index contributed by atoms with van der Waals surface area (Å²) in [4.78, 5) is 20.1.